The van der Waals surface area contributed by atoms with Gasteiger partial charge < -0.3 is 0 Å². The number of carbonyl (C=O) groups excluding carboxylic acids is 1. The predicted octanol–water partition coefficient (Wildman–Crippen LogP) is 5.97. The fraction of sp³-hybridized carbons (Fsp3) is 0.650. The van der Waals surface area contributed by atoms with Gasteiger partial charge >= 0.3 is 0 Å². The van der Waals surface area contributed by atoms with E-state index >= 15 is 0 Å². The van der Waals surface area contributed by atoms with Gasteiger partial charge in [0, 0.05) is 10.7 Å². The molecule has 1 heterocycles. The molecule has 120 valence electrons. The third-order valence-corrected chi connectivity index (χ3v) is 9.20. The Kier molecular flexibility index (Phi) is 5.03. The molecule has 2 heteroatoms. The second-order valence-electron chi connectivity index (χ2n) is 7.54. The maximum Gasteiger partial charge on any atom is 0.172 e. The molecule has 0 amide bonds. The number of hydrogen-bond donors (Lipinski definition) is 0. The Labute approximate surface area is 136 Å². The molecule has 0 aromatic heterocycles. The monoisotopic (exact) mass is 316 g/mol. The molecule has 1 aromatic rings. The lowest BCUT2D eigenvalue weighted by Crippen LogP contribution is -2.30. The van der Waals surface area contributed by atoms with E-state index < -0.39 is 0 Å². The lowest BCUT2D eigenvalue weighted by molar-refractivity contribution is 0.0955. The first-order chi connectivity index (χ1) is 10.6. The minimum absolute atomic E-state index is 0.121. The summed E-state index contributed by atoms with van der Waals surface area (Å²) in [6.45, 7) is 4.36. The molecule has 2 aliphatic rings. The number of ketones is 1. The Morgan fingerprint density at radius 1 is 0.955 bits per heavy atom. The van der Waals surface area contributed by atoms with E-state index in [-0.39, 0.29) is 13.1 Å². The summed E-state index contributed by atoms with van der Waals surface area (Å²) in [6.07, 6.45) is 12.0. The zero-order chi connectivity index (χ0) is 15.6. The summed E-state index contributed by atoms with van der Waals surface area (Å²) in [5.74, 6) is 1.10. The molecule has 22 heavy (non-hydrogen) atoms. The molecule has 1 nitrogen and oxygen atoms in total. The van der Waals surface area contributed by atoms with Gasteiger partial charge in [-0.05, 0) is 63.3 Å². The van der Waals surface area contributed by atoms with Crippen molar-refractivity contribution in [3.8, 4) is 0 Å². The van der Waals surface area contributed by atoms with E-state index in [4.69, 9.17) is 0 Å². The van der Waals surface area contributed by atoms with Crippen molar-refractivity contribution in [3.05, 3.63) is 35.4 Å². The van der Waals surface area contributed by atoms with Crippen molar-refractivity contribution in [2.24, 2.45) is 0 Å². The Morgan fingerprint density at radius 3 is 2.14 bits per heavy atom. The van der Waals surface area contributed by atoms with Crippen molar-refractivity contribution in [1.29, 1.82) is 0 Å². The van der Waals surface area contributed by atoms with Crippen molar-refractivity contribution < 1.29 is 4.79 Å². The minimum Gasteiger partial charge on any atom is -0.293 e. The highest BCUT2D eigenvalue weighted by atomic mass is 31.1. The summed E-state index contributed by atoms with van der Waals surface area (Å²) < 4.78 is 0. The lowest BCUT2D eigenvalue weighted by atomic mass is 9.83. The molecule has 1 aliphatic heterocycles. The topological polar surface area (TPSA) is 17.1 Å². The molecule has 2 fully saturated rings. The van der Waals surface area contributed by atoms with Crippen molar-refractivity contribution in [2.45, 2.75) is 69.9 Å². The molecule has 1 saturated heterocycles. The first kappa shape index (κ1) is 16.2. The van der Waals surface area contributed by atoms with E-state index in [0.717, 1.165) is 11.5 Å². The van der Waals surface area contributed by atoms with Gasteiger partial charge in [-0.1, -0.05) is 51.4 Å². The van der Waals surface area contributed by atoms with Gasteiger partial charge in [0.25, 0.3) is 0 Å². The number of rotatable bonds is 4. The Bertz CT molecular complexity index is 505. The first-order valence-corrected chi connectivity index (χ1v) is 10.7. The third-order valence-electron chi connectivity index (χ3n) is 5.70. The maximum absolute atomic E-state index is 13.0. The number of hydrogen-bond acceptors (Lipinski definition) is 1. The summed E-state index contributed by atoms with van der Waals surface area (Å²) in [5.41, 5.74) is 2.37. The summed E-state index contributed by atoms with van der Waals surface area (Å²) in [7, 11) is -0.121. The smallest absolute Gasteiger partial charge is 0.172 e. The SMILES string of the molecule is CC(C)(C(=O)c1ccc(C2CCCCC2)cc1)P1CCCC1. The van der Waals surface area contributed by atoms with Crippen molar-refractivity contribution in [1.82, 2.24) is 0 Å². The van der Waals surface area contributed by atoms with Gasteiger partial charge in [-0.25, -0.2) is 0 Å². The largest absolute Gasteiger partial charge is 0.293 e. The van der Waals surface area contributed by atoms with Gasteiger partial charge in [0.15, 0.2) is 5.78 Å². The molecule has 0 radical (unpaired) electrons. The van der Waals surface area contributed by atoms with Crippen LogP contribution in [0.2, 0.25) is 0 Å². The Morgan fingerprint density at radius 2 is 1.55 bits per heavy atom. The number of Topliss-reactive ketones (excluding diaryl/α,β-unsaturated/α-hetero) is 1. The molecule has 0 N–H and O–H groups in total. The highest BCUT2D eigenvalue weighted by Crippen LogP contribution is 2.55. The van der Waals surface area contributed by atoms with E-state index in [2.05, 4.69) is 38.1 Å². The molecule has 3 rings (SSSR count). The fourth-order valence-corrected chi connectivity index (χ4v) is 7.08. The van der Waals surface area contributed by atoms with Crippen molar-refractivity contribution in [2.75, 3.05) is 12.3 Å². The minimum atomic E-state index is -0.141. The van der Waals surface area contributed by atoms with Crippen molar-refractivity contribution >= 4 is 13.7 Å². The third kappa shape index (κ3) is 3.30. The predicted molar refractivity (Wildman–Crippen MR) is 96.6 cm³/mol. The van der Waals surface area contributed by atoms with Gasteiger partial charge in [-0.15, -0.1) is 0 Å². The second kappa shape index (κ2) is 6.83. The first-order valence-electron chi connectivity index (χ1n) is 8.99. The number of benzene rings is 1. The van der Waals surface area contributed by atoms with Crippen LogP contribution in [0.3, 0.4) is 0 Å². The molecule has 1 aromatic carbocycles. The van der Waals surface area contributed by atoms with E-state index in [0.29, 0.717) is 5.78 Å². The average Bonchev–Trinajstić information content (AvgIpc) is 3.10. The highest BCUT2D eigenvalue weighted by Gasteiger charge is 2.38. The molecule has 1 saturated carbocycles. The van der Waals surface area contributed by atoms with Gasteiger partial charge in [0.2, 0.25) is 0 Å². The molecule has 1 aliphatic carbocycles. The quantitative estimate of drug-likeness (QED) is 0.494. The molecule has 0 bridgehead atoms. The molecule has 0 atom stereocenters. The zero-order valence-corrected chi connectivity index (χ0v) is 15.0. The van der Waals surface area contributed by atoms with E-state index in [1.165, 1.54) is 62.8 Å². The van der Waals surface area contributed by atoms with Crippen LogP contribution in [-0.2, 0) is 0 Å². The van der Waals surface area contributed by atoms with Crippen LogP contribution in [0.25, 0.3) is 0 Å². The summed E-state index contributed by atoms with van der Waals surface area (Å²) in [5, 5.41) is -0.141. The van der Waals surface area contributed by atoms with Crippen LogP contribution in [-0.4, -0.2) is 23.3 Å². The average molecular weight is 316 g/mol. The molecule has 0 unspecified atom stereocenters. The van der Waals surface area contributed by atoms with Crippen LogP contribution in [0.4, 0.5) is 0 Å². The Hall–Kier alpha value is -0.680. The molecular formula is C20H29OP. The lowest BCUT2D eigenvalue weighted by Gasteiger charge is -2.31. The standard InChI is InChI=1S/C20H29OP/c1-20(2,22-14-6-7-15-22)19(21)18-12-10-17(11-13-18)16-8-4-3-5-9-16/h10-13,16H,3-9,14-15H2,1-2H3. The van der Waals surface area contributed by atoms with Crippen LogP contribution < -0.4 is 0 Å². The van der Waals surface area contributed by atoms with Crippen LogP contribution in [0, 0.1) is 0 Å². The van der Waals surface area contributed by atoms with Crippen LogP contribution >= 0.6 is 7.92 Å². The van der Waals surface area contributed by atoms with E-state index in [1.54, 1.807) is 0 Å². The van der Waals surface area contributed by atoms with Crippen LogP contribution in [0.5, 0.6) is 0 Å². The molecular weight excluding hydrogens is 287 g/mol. The summed E-state index contributed by atoms with van der Waals surface area (Å²) in [6, 6.07) is 8.64. The van der Waals surface area contributed by atoms with Gasteiger partial charge in [0.1, 0.15) is 0 Å². The highest BCUT2D eigenvalue weighted by molar-refractivity contribution is 7.60. The Balaban J connectivity index is 1.72. The molecule has 0 spiro atoms. The van der Waals surface area contributed by atoms with Crippen molar-refractivity contribution in [3.63, 3.8) is 0 Å². The number of carbonyl (C=O) groups is 1. The normalized spacial score (nSPS) is 21.2. The summed E-state index contributed by atoms with van der Waals surface area (Å²) >= 11 is 0. The fourth-order valence-electron chi connectivity index (χ4n) is 4.12. The van der Waals surface area contributed by atoms with Gasteiger partial charge in [-0.3, -0.25) is 4.79 Å². The van der Waals surface area contributed by atoms with Gasteiger partial charge in [0.05, 0.1) is 0 Å². The zero-order valence-electron chi connectivity index (χ0n) is 14.1. The second-order valence-corrected chi connectivity index (χ2v) is 10.6. The van der Waals surface area contributed by atoms with Crippen LogP contribution in [0.15, 0.2) is 24.3 Å². The van der Waals surface area contributed by atoms with E-state index in [9.17, 15) is 4.79 Å². The summed E-state index contributed by atoms with van der Waals surface area (Å²) in [4.78, 5) is 13.0. The van der Waals surface area contributed by atoms with Crippen LogP contribution in [0.1, 0.15) is 80.6 Å². The maximum atomic E-state index is 13.0. The van der Waals surface area contributed by atoms with E-state index in [1.807, 2.05) is 0 Å². The van der Waals surface area contributed by atoms with Gasteiger partial charge in [-0.2, -0.15) is 0 Å².